The molecule has 0 atom stereocenters. The van der Waals surface area contributed by atoms with Crippen molar-refractivity contribution in [3.63, 3.8) is 0 Å². The zero-order chi connectivity index (χ0) is 22.2. The number of hydrogen-bond acceptors (Lipinski definition) is 9. The third-order valence-electron chi connectivity index (χ3n) is 3.72. The van der Waals surface area contributed by atoms with E-state index in [1.165, 1.54) is 18.2 Å². The molecule has 10 nitrogen and oxygen atoms in total. The van der Waals surface area contributed by atoms with Crippen molar-refractivity contribution in [1.29, 1.82) is 0 Å². The standard InChI is InChI=1S/C19H17N5O5S2/c1-2-29-15-8-6-12(7-9-15)17(26)21-18-22-23-19(31-18)30-11-16(25)20-13-4-3-5-14(10-13)24(27)28/h3-10H,2,11H2,1H3,(H,20,25)(H,21,22,26). The lowest BCUT2D eigenvalue weighted by atomic mass is 10.2. The van der Waals surface area contributed by atoms with Gasteiger partial charge in [0.2, 0.25) is 11.0 Å². The minimum atomic E-state index is -0.533. The van der Waals surface area contributed by atoms with E-state index in [-0.39, 0.29) is 23.3 Å². The zero-order valence-electron chi connectivity index (χ0n) is 16.2. The third-order valence-corrected chi connectivity index (χ3v) is 5.69. The van der Waals surface area contributed by atoms with Gasteiger partial charge in [-0.25, -0.2) is 0 Å². The number of nitro groups is 1. The molecule has 2 N–H and O–H groups in total. The second kappa shape index (κ2) is 10.5. The second-order valence-corrected chi connectivity index (χ2v) is 8.13. The number of thioether (sulfide) groups is 1. The van der Waals surface area contributed by atoms with E-state index in [2.05, 4.69) is 20.8 Å². The highest BCUT2D eigenvalue weighted by Crippen LogP contribution is 2.26. The van der Waals surface area contributed by atoms with Gasteiger partial charge in [0.1, 0.15) is 5.75 Å². The predicted molar refractivity (Wildman–Crippen MR) is 118 cm³/mol. The molecule has 3 rings (SSSR count). The molecule has 0 aliphatic carbocycles. The van der Waals surface area contributed by atoms with Gasteiger partial charge in [-0.3, -0.25) is 25.0 Å². The van der Waals surface area contributed by atoms with Crippen LogP contribution in [0.1, 0.15) is 17.3 Å². The number of hydrogen-bond donors (Lipinski definition) is 2. The lowest BCUT2D eigenvalue weighted by Gasteiger charge is -2.04. The molecule has 0 radical (unpaired) electrons. The van der Waals surface area contributed by atoms with Crippen LogP contribution >= 0.6 is 23.1 Å². The zero-order valence-corrected chi connectivity index (χ0v) is 17.9. The molecule has 3 aromatic rings. The lowest BCUT2D eigenvalue weighted by molar-refractivity contribution is -0.384. The maximum absolute atomic E-state index is 12.3. The summed E-state index contributed by atoms with van der Waals surface area (Å²) >= 11 is 2.28. The van der Waals surface area contributed by atoms with Crippen LogP contribution in [0.25, 0.3) is 0 Å². The van der Waals surface area contributed by atoms with Crippen molar-refractivity contribution in [3.8, 4) is 5.75 Å². The second-order valence-electron chi connectivity index (χ2n) is 5.93. The Kier molecular flexibility index (Phi) is 7.51. The van der Waals surface area contributed by atoms with E-state index in [1.54, 1.807) is 30.3 Å². The number of ether oxygens (including phenoxy) is 1. The minimum absolute atomic E-state index is 0.0319. The summed E-state index contributed by atoms with van der Waals surface area (Å²) in [4.78, 5) is 34.7. The number of nitrogens with zero attached hydrogens (tertiary/aromatic N) is 3. The predicted octanol–water partition coefficient (Wildman–Crippen LogP) is 3.83. The molecule has 0 spiro atoms. The molecule has 1 heterocycles. The van der Waals surface area contributed by atoms with Crippen molar-refractivity contribution in [2.45, 2.75) is 11.3 Å². The molecular weight excluding hydrogens is 442 g/mol. The van der Waals surface area contributed by atoms with Gasteiger partial charge >= 0.3 is 0 Å². The van der Waals surface area contributed by atoms with E-state index in [9.17, 15) is 19.7 Å². The van der Waals surface area contributed by atoms with Crippen LogP contribution in [0.4, 0.5) is 16.5 Å². The molecule has 160 valence electrons. The van der Waals surface area contributed by atoms with Gasteiger partial charge < -0.3 is 10.1 Å². The van der Waals surface area contributed by atoms with Gasteiger partial charge in [-0.2, -0.15) is 0 Å². The first-order valence-electron chi connectivity index (χ1n) is 8.99. The maximum Gasteiger partial charge on any atom is 0.271 e. The molecule has 31 heavy (non-hydrogen) atoms. The van der Waals surface area contributed by atoms with Crippen molar-refractivity contribution >= 4 is 51.4 Å². The molecule has 12 heteroatoms. The van der Waals surface area contributed by atoms with Crippen LogP contribution in [0, 0.1) is 10.1 Å². The Morgan fingerprint density at radius 1 is 1.16 bits per heavy atom. The molecule has 0 saturated carbocycles. The Bertz CT molecular complexity index is 1090. The number of carbonyl (C=O) groups is 2. The molecule has 0 aliphatic heterocycles. The van der Waals surface area contributed by atoms with Crippen molar-refractivity contribution in [2.24, 2.45) is 0 Å². The fraction of sp³-hybridized carbons (Fsp3) is 0.158. The molecule has 0 bridgehead atoms. The highest BCUT2D eigenvalue weighted by atomic mass is 32.2. The highest BCUT2D eigenvalue weighted by Gasteiger charge is 2.13. The molecular formula is C19H17N5O5S2. The Hall–Kier alpha value is -3.51. The number of non-ortho nitro benzene ring substituents is 1. The molecule has 0 aliphatic rings. The molecule has 0 fully saturated rings. The SMILES string of the molecule is CCOc1ccc(C(=O)Nc2nnc(SCC(=O)Nc3cccc([N+](=O)[O-])c3)s2)cc1. The average molecular weight is 460 g/mol. The number of aromatic nitrogens is 2. The van der Waals surface area contributed by atoms with Crippen LogP contribution in [-0.4, -0.2) is 39.3 Å². The monoisotopic (exact) mass is 459 g/mol. The van der Waals surface area contributed by atoms with Gasteiger partial charge in [0.25, 0.3) is 11.6 Å². The van der Waals surface area contributed by atoms with Crippen molar-refractivity contribution in [3.05, 3.63) is 64.2 Å². The molecule has 2 aromatic carbocycles. The number of nitro benzene ring substituents is 1. The number of anilines is 2. The fourth-order valence-electron chi connectivity index (χ4n) is 2.38. The number of carbonyl (C=O) groups excluding carboxylic acids is 2. The van der Waals surface area contributed by atoms with Crippen LogP contribution in [0.3, 0.4) is 0 Å². The van der Waals surface area contributed by atoms with Crippen LogP contribution in [0.5, 0.6) is 5.75 Å². The molecule has 1 aromatic heterocycles. The average Bonchev–Trinajstić information content (AvgIpc) is 3.20. The molecule has 2 amide bonds. The normalized spacial score (nSPS) is 10.4. The Balaban J connectivity index is 1.50. The number of benzene rings is 2. The number of nitrogens with one attached hydrogen (secondary N) is 2. The summed E-state index contributed by atoms with van der Waals surface area (Å²) in [5.41, 5.74) is 0.673. The highest BCUT2D eigenvalue weighted by molar-refractivity contribution is 8.01. The summed E-state index contributed by atoms with van der Waals surface area (Å²) in [5, 5.41) is 24.2. The summed E-state index contributed by atoms with van der Waals surface area (Å²) in [7, 11) is 0. The van der Waals surface area contributed by atoms with E-state index in [0.717, 1.165) is 23.1 Å². The summed E-state index contributed by atoms with van der Waals surface area (Å²) < 4.78 is 5.84. The van der Waals surface area contributed by atoms with Crippen LogP contribution < -0.4 is 15.4 Å². The first-order chi connectivity index (χ1) is 14.9. The quantitative estimate of drug-likeness (QED) is 0.213. The van der Waals surface area contributed by atoms with Crippen LogP contribution in [0.2, 0.25) is 0 Å². The Morgan fingerprint density at radius 3 is 2.65 bits per heavy atom. The maximum atomic E-state index is 12.3. The summed E-state index contributed by atoms with van der Waals surface area (Å²) in [6.45, 7) is 2.42. The lowest BCUT2D eigenvalue weighted by Crippen LogP contribution is -2.14. The summed E-state index contributed by atoms with van der Waals surface area (Å²) in [6.07, 6.45) is 0. The smallest absolute Gasteiger partial charge is 0.271 e. The van der Waals surface area contributed by atoms with E-state index >= 15 is 0 Å². The van der Waals surface area contributed by atoms with E-state index in [1.807, 2.05) is 6.92 Å². The number of rotatable bonds is 9. The first kappa shape index (κ1) is 22.2. The van der Waals surface area contributed by atoms with Gasteiger partial charge in [0.05, 0.1) is 17.3 Å². The summed E-state index contributed by atoms with van der Waals surface area (Å²) in [6, 6.07) is 12.4. The Labute approximate surface area is 185 Å². The van der Waals surface area contributed by atoms with Gasteiger partial charge in [0.15, 0.2) is 4.34 Å². The molecule has 0 saturated heterocycles. The van der Waals surface area contributed by atoms with Crippen LogP contribution in [0.15, 0.2) is 52.9 Å². The summed E-state index contributed by atoms with van der Waals surface area (Å²) in [5.74, 6) is 0.0290. The van der Waals surface area contributed by atoms with Crippen molar-refractivity contribution in [2.75, 3.05) is 23.0 Å². The number of amides is 2. The fourth-order valence-corrected chi connectivity index (χ4v) is 3.93. The van der Waals surface area contributed by atoms with Gasteiger partial charge in [-0.05, 0) is 37.3 Å². The van der Waals surface area contributed by atoms with Gasteiger partial charge in [0, 0.05) is 23.4 Å². The van der Waals surface area contributed by atoms with Gasteiger partial charge in [-0.1, -0.05) is 29.2 Å². The Morgan fingerprint density at radius 2 is 1.94 bits per heavy atom. The van der Waals surface area contributed by atoms with E-state index in [4.69, 9.17) is 4.74 Å². The van der Waals surface area contributed by atoms with Crippen molar-refractivity contribution < 1.29 is 19.2 Å². The minimum Gasteiger partial charge on any atom is -0.494 e. The molecule has 0 unspecified atom stereocenters. The van der Waals surface area contributed by atoms with E-state index in [0.29, 0.717) is 33.1 Å². The topological polar surface area (TPSA) is 136 Å². The van der Waals surface area contributed by atoms with Gasteiger partial charge in [-0.15, -0.1) is 10.2 Å². The third kappa shape index (κ3) is 6.49. The van der Waals surface area contributed by atoms with E-state index < -0.39 is 4.92 Å². The first-order valence-corrected chi connectivity index (χ1v) is 10.8. The van der Waals surface area contributed by atoms with Crippen LogP contribution in [-0.2, 0) is 4.79 Å². The largest absolute Gasteiger partial charge is 0.494 e. The van der Waals surface area contributed by atoms with Crippen molar-refractivity contribution in [1.82, 2.24) is 10.2 Å².